The molecule has 0 aliphatic rings. The van der Waals surface area contributed by atoms with Crippen molar-refractivity contribution in [2.24, 2.45) is 0 Å². The van der Waals surface area contributed by atoms with Gasteiger partial charge in [-0.3, -0.25) is 0 Å². The minimum absolute atomic E-state index is 0.372. The van der Waals surface area contributed by atoms with Gasteiger partial charge in [-0.25, -0.2) is 9.97 Å². The summed E-state index contributed by atoms with van der Waals surface area (Å²) in [4.78, 5) is 9.01. The predicted octanol–water partition coefficient (Wildman–Crippen LogP) is 6.08. The fraction of sp³-hybridized carbons (Fsp3) is 0. The molecule has 5 heteroatoms. The van der Waals surface area contributed by atoms with Crippen molar-refractivity contribution in [3.05, 3.63) is 81.8 Å². The zero-order chi connectivity index (χ0) is 17.9. The highest BCUT2D eigenvalue weighted by Gasteiger charge is 2.11. The summed E-state index contributed by atoms with van der Waals surface area (Å²) in [5.41, 5.74) is 3.88. The van der Waals surface area contributed by atoms with Gasteiger partial charge in [-0.1, -0.05) is 60.1 Å². The zero-order valence-corrected chi connectivity index (χ0v) is 15.1. The van der Waals surface area contributed by atoms with E-state index in [-0.39, 0.29) is 0 Å². The number of benzene rings is 2. The highest BCUT2D eigenvalue weighted by molar-refractivity contribution is 7.11. The van der Waals surface area contributed by atoms with Crippen LogP contribution in [0.3, 0.4) is 0 Å². The van der Waals surface area contributed by atoms with Crippen molar-refractivity contribution < 1.29 is 0 Å². The molecule has 0 unspecified atom stereocenters. The maximum atomic E-state index is 9.61. The number of aromatic nitrogens is 2. The van der Waals surface area contributed by atoms with E-state index in [1.807, 2.05) is 66.0 Å². The third-order valence-corrected chi connectivity index (χ3v) is 5.11. The molecule has 0 spiro atoms. The second-order valence-corrected chi connectivity index (χ2v) is 6.85. The van der Waals surface area contributed by atoms with Crippen molar-refractivity contribution in [2.75, 3.05) is 0 Å². The second-order valence-electron chi connectivity index (χ2n) is 5.63. The monoisotopic (exact) mass is 373 g/mol. The van der Waals surface area contributed by atoms with Crippen LogP contribution in [-0.4, -0.2) is 9.97 Å². The molecule has 0 radical (unpaired) electrons. The van der Waals surface area contributed by atoms with Gasteiger partial charge in [0, 0.05) is 21.9 Å². The van der Waals surface area contributed by atoms with Crippen molar-refractivity contribution in [2.45, 2.75) is 0 Å². The molecule has 2 aromatic heterocycles. The molecule has 2 heterocycles. The molecule has 124 valence electrons. The first kappa shape index (κ1) is 16.5. The fourth-order valence-electron chi connectivity index (χ4n) is 2.65. The van der Waals surface area contributed by atoms with Gasteiger partial charge in [0.2, 0.25) is 0 Å². The second kappa shape index (κ2) is 7.09. The fourth-order valence-corrected chi connectivity index (χ4v) is 3.64. The Morgan fingerprint density at radius 1 is 1.04 bits per heavy atom. The Morgan fingerprint density at radius 3 is 2.62 bits per heavy atom. The number of allylic oxidation sites excluding steroid dienone is 1. The molecular formula is C21H12ClN3S. The topological polar surface area (TPSA) is 49.6 Å². The van der Waals surface area contributed by atoms with Gasteiger partial charge in [0.05, 0.1) is 16.8 Å². The summed E-state index contributed by atoms with van der Waals surface area (Å²) in [6.45, 7) is 0. The van der Waals surface area contributed by atoms with Crippen LogP contribution in [0.15, 0.2) is 66.0 Å². The van der Waals surface area contributed by atoms with E-state index in [4.69, 9.17) is 11.6 Å². The van der Waals surface area contributed by atoms with Crippen molar-refractivity contribution in [1.29, 1.82) is 5.26 Å². The molecule has 0 atom stereocenters. The smallest absolute Gasteiger partial charge is 0.137 e. The lowest BCUT2D eigenvalue weighted by Gasteiger charge is -2.02. The number of rotatable bonds is 3. The van der Waals surface area contributed by atoms with Crippen molar-refractivity contribution >= 4 is 45.5 Å². The van der Waals surface area contributed by atoms with Crippen LogP contribution < -0.4 is 0 Å². The molecule has 0 saturated heterocycles. The molecule has 4 aromatic rings. The average molecular weight is 374 g/mol. The number of pyridine rings is 1. The lowest BCUT2D eigenvalue weighted by molar-refractivity contribution is 1.37. The Hall–Kier alpha value is -3.00. The quantitative estimate of drug-likeness (QED) is 0.323. The SMILES string of the molecule is N#C/C(=C\c1cc2ccccc2nc1Cl)c1nc(-c2ccccc2)cs1. The van der Waals surface area contributed by atoms with Crippen LogP contribution in [0, 0.1) is 11.3 Å². The summed E-state index contributed by atoms with van der Waals surface area (Å²) in [7, 11) is 0. The Morgan fingerprint density at radius 2 is 1.81 bits per heavy atom. The van der Waals surface area contributed by atoms with Gasteiger partial charge in [-0.05, 0) is 18.2 Å². The maximum absolute atomic E-state index is 9.61. The molecule has 26 heavy (non-hydrogen) atoms. The summed E-state index contributed by atoms with van der Waals surface area (Å²) < 4.78 is 0. The van der Waals surface area contributed by atoms with E-state index in [1.165, 1.54) is 11.3 Å². The number of nitrogens with zero attached hydrogens (tertiary/aromatic N) is 3. The van der Waals surface area contributed by atoms with E-state index in [9.17, 15) is 5.26 Å². The minimum atomic E-state index is 0.372. The number of hydrogen-bond donors (Lipinski definition) is 0. The third kappa shape index (κ3) is 3.23. The van der Waals surface area contributed by atoms with E-state index in [2.05, 4.69) is 16.0 Å². The number of nitriles is 1. The van der Waals surface area contributed by atoms with Gasteiger partial charge in [0.1, 0.15) is 16.2 Å². The van der Waals surface area contributed by atoms with Crippen LogP contribution in [0.1, 0.15) is 10.6 Å². The van der Waals surface area contributed by atoms with Crippen LogP contribution in [0.5, 0.6) is 0 Å². The summed E-state index contributed by atoms with van der Waals surface area (Å²) in [6.07, 6.45) is 1.75. The van der Waals surface area contributed by atoms with E-state index < -0.39 is 0 Å². The first-order valence-electron chi connectivity index (χ1n) is 7.93. The number of hydrogen-bond acceptors (Lipinski definition) is 4. The van der Waals surface area contributed by atoms with Gasteiger partial charge in [-0.2, -0.15) is 5.26 Å². The average Bonchev–Trinajstić information content (AvgIpc) is 3.17. The Balaban J connectivity index is 1.75. The van der Waals surface area contributed by atoms with E-state index >= 15 is 0 Å². The van der Waals surface area contributed by atoms with Crippen LogP contribution >= 0.6 is 22.9 Å². The van der Waals surface area contributed by atoms with Crippen LogP contribution in [0.25, 0.3) is 33.8 Å². The lowest BCUT2D eigenvalue weighted by Crippen LogP contribution is -1.87. The first-order chi connectivity index (χ1) is 12.7. The molecule has 0 N–H and O–H groups in total. The molecule has 2 aromatic carbocycles. The van der Waals surface area contributed by atoms with Gasteiger partial charge in [0.15, 0.2) is 0 Å². The molecule has 0 fully saturated rings. The summed E-state index contributed by atoms with van der Waals surface area (Å²) in [6, 6.07) is 21.8. The highest BCUT2D eigenvalue weighted by Crippen LogP contribution is 2.29. The normalized spacial score (nSPS) is 11.5. The third-order valence-electron chi connectivity index (χ3n) is 3.93. The van der Waals surface area contributed by atoms with Gasteiger partial charge < -0.3 is 0 Å². The van der Waals surface area contributed by atoms with Crippen LogP contribution in [0.2, 0.25) is 5.15 Å². The molecule has 0 amide bonds. The number of fused-ring (bicyclic) bond motifs is 1. The molecular weight excluding hydrogens is 362 g/mol. The Kier molecular flexibility index (Phi) is 4.49. The van der Waals surface area contributed by atoms with E-state index in [0.717, 1.165) is 22.2 Å². The maximum Gasteiger partial charge on any atom is 0.137 e. The van der Waals surface area contributed by atoms with Gasteiger partial charge in [-0.15, -0.1) is 11.3 Å². The van der Waals surface area contributed by atoms with Gasteiger partial charge in [0.25, 0.3) is 0 Å². The molecule has 4 rings (SSSR count). The van der Waals surface area contributed by atoms with Gasteiger partial charge >= 0.3 is 0 Å². The van der Waals surface area contributed by atoms with Crippen molar-refractivity contribution in [3.8, 4) is 17.3 Å². The predicted molar refractivity (Wildman–Crippen MR) is 108 cm³/mol. The Bertz CT molecular complexity index is 1160. The minimum Gasteiger partial charge on any atom is -0.235 e. The molecule has 0 aliphatic carbocycles. The first-order valence-corrected chi connectivity index (χ1v) is 9.19. The highest BCUT2D eigenvalue weighted by atomic mass is 35.5. The van der Waals surface area contributed by atoms with Crippen molar-refractivity contribution in [3.63, 3.8) is 0 Å². The summed E-state index contributed by atoms with van der Waals surface area (Å²) in [5.74, 6) is 0. The molecule has 0 aliphatic heterocycles. The zero-order valence-electron chi connectivity index (χ0n) is 13.6. The van der Waals surface area contributed by atoms with Crippen LogP contribution in [0.4, 0.5) is 0 Å². The Labute approximate surface area is 159 Å². The van der Waals surface area contributed by atoms with E-state index in [0.29, 0.717) is 21.3 Å². The number of thiazole rings is 1. The summed E-state index contributed by atoms with van der Waals surface area (Å²) >= 11 is 7.75. The largest absolute Gasteiger partial charge is 0.235 e. The number of halogens is 1. The lowest BCUT2D eigenvalue weighted by atomic mass is 10.1. The molecule has 3 nitrogen and oxygen atoms in total. The van der Waals surface area contributed by atoms with Crippen molar-refractivity contribution in [1.82, 2.24) is 9.97 Å². The van der Waals surface area contributed by atoms with E-state index in [1.54, 1.807) is 6.08 Å². The number of para-hydroxylation sites is 1. The summed E-state index contributed by atoms with van der Waals surface area (Å²) in [5, 5.41) is 13.6. The molecule has 0 saturated carbocycles. The molecule has 0 bridgehead atoms. The standard InChI is InChI=1S/C21H12ClN3S/c22-20-16(10-15-8-4-5-9-18(15)24-20)11-17(12-23)21-25-19(13-26-21)14-6-2-1-3-7-14/h1-11,13H/b17-11+. The van der Waals surface area contributed by atoms with Crippen LogP contribution in [-0.2, 0) is 0 Å².